The quantitative estimate of drug-likeness (QED) is 0.785. The van der Waals surface area contributed by atoms with E-state index in [4.69, 9.17) is 9.15 Å². The summed E-state index contributed by atoms with van der Waals surface area (Å²) in [4.78, 5) is 23.7. The van der Waals surface area contributed by atoms with Crippen LogP contribution in [0.25, 0.3) is 11.0 Å². The summed E-state index contributed by atoms with van der Waals surface area (Å²) < 4.78 is 10.6. The van der Waals surface area contributed by atoms with E-state index in [1.807, 2.05) is 0 Å². The van der Waals surface area contributed by atoms with Crippen LogP contribution in [-0.2, 0) is 11.2 Å². The fraction of sp³-hybridized carbons (Fsp3) is 0.375. The van der Waals surface area contributed by atoms with Crippen LogP contribution in [0.15, 0.2) is 33.5 Å². The Morgan fingerprint density at radius 2 is 2.05 bits per heavy atom. The lowest BCUT2D eigenvalue weighted by molar-refractivity contribution is 0.0526. The van der Waals surface area contributed by atoms with Crippen LogP contribution in [0.4, 0.5) is 0 Å². The van der Waals surface area contributed by atoms with E-state index in [-0.39, 0.29) is 5.43 Å². The number of carbonyl (C=O) groups is 1. The third-order valence-electron chi connectivity index (χ3n) is 3.07. The van der Waals surface area contributed by atoms with Gasteiger partial charge in [-0.05, 0) is 31.5 Å². The van der Waals surface area contributed by atoms with Crippen molar-refractivity contribution in [1.82, 2.24) is 0 Å². The van der Waals surface area contributed by atoms with Gasteiger partial charge in [-0.15, -0.1) is 0 Å². The van der Waals surface area contributed by atoms with Gasteiger partial charge in [0.2, 0.25) is 0 Å². The summed E-state index contributed by atoms with van der Waals surface area (Å²) in [7, 11) is 0. The van der Waals surface area contributed by atoms with Crippen LogP contribution in [0.3, 0.4) is 0 Å². The molecule has 0 amide bonds. The summed E-state index contributed by atoms with van der Waals surface area (Å²) in [5, 5.41) is 0.413. The second-order valence-corrected chi connectivity index (χ2v) is 4.61. The number of rotatable bonds is 5. The average Bonchev–Trinajstić information content (AvgIpc) is 2.45. The fourth-order valence-electron chi connectivity index (χ4n) is 2.02. The van der Waals surface area contributed by atoms with Gasteiger partial charge in [0.05, 0.1) is 17.6 Å². The molecule has 0 atom stereocenters. The van der Waals surface area contributed by atoms with E-state index >= 15 is 0 Å². The van der Waals surface area contributed by atoms with Gasteiger partial charge in [-0.25, -0.2) is 4.79 Å². The number of esters is 1. The standard InChI is InChI=1S/C16H18O4/c1-3-5-6-12-10-14(17)13-9-11(16(18)19-4-2)7-8-15(13)20-12/h7-10H,3-6H2,1-2H3. The Hall–Kier alpha value is -2.10. The number of ether oxygens (including phenoxy) is 1. The number of fused-ring (bicyclic) bond motifs is 1. The number of carbonyl (C=O) groups excluding carboxylic acids is 1. The maximum Gasteiger partial charge on any atom is 0.338 e. The summed E-state index contributed by atoms with van der Waals surface area (Å²) in [5.74, 6) is 0.261. The third-order valence-corrected chi connectivity index (χ3v) is 3.07. The minimum atomic E-state index is -0.427. The molecule has 1 aromatic heterocycles. The molecule has 20 heavy (non-hydrogen) atoms. The molecule has 0 saturated carbocycles. The predicted molar refractivity (Wildman–Crippen MR) is 77.1 cm³/mol. The average molecular weight is 274 g/mol. The summed E-state index contributed by atoms with van der Waals surface area (Å²) in [6.07, 6.45) is 2.78. The van der Waals surface area contributed by atoms with E-state index in [1.165, 1.54) is 12.1 Å². The minimum Gasteiger partial charge on any atom is -0.462 e. The van der Waals surface area contributed by atoms with Crippen LogP contribution in [0.5, 0.6) is 0 Å². The van der Waals surface area contributed by atoms with Crippen molar-refractivity contribution in [2.24, 2.45) is 0 Å². The second-order valence-electron chi connectivity index (χ2n) is 4.61. The number of hydrogen-bond acceptors (Lipinski definition) is 4. The summed E-state index contributed by atoms with van der Waals surface area (Å²) >= 11 is 0. The maximum atomic E-state index is 12.1. The van der Waals surface area contributed by atoms with E-state index in [0.29, 0.717) is 28.9 Å². The first-order valence-electron chi connectivity index (χ1n) is 6.89. The van der Waals surface area contributed by atoms with Gasteiger partial charge in [0, 0.05) is 12.5 Å². The highest BCUT2D eigenvalue weighted by Crippen LogP contribution is 2.16. The lowest BCUT2D eigenvalue weighted by Gasteiger charge is -2.05. The first kappa shape index (κ1) is 14.3. The fourth-order valence-corrected chi connectivity index (χ4v) is 2.02. The van der Waals surface area contributed by atoms with Crippen molar-refractivity contribution >= 4 is 16.9 Å². The zero-order valence-corrected chi connectivity index (χ0v) is 11.8. The SMILES string of the molecule is CCCCc1cc(=O)c2cc(C(=O)OCC)ccc2o1. The van der Waals surface area contributed by atoms with Gasteiger partial charge in [-0.2, -0.15) is 0 Å². The molecule has 4 nitrogen and oxygen atoms in total. The van der Waals surface area contributed by atoms with Crippen LogP contribution < -0.4 is 5.43 Å². The molecule has 0 bridgehead atoms. The van der Waals surface area contributed by atoms with Crippen LogP contribution in [0.1, 0.15) is 42.8 Å². The highest BCUT2D eigenvalue weighted by Gasteiger charge is 2.10. The van der Waals surface area contributed by atoms with Gasteiger partial charge in [0.1, 0.15) is 11.3 Å². The maximum absolute atomic E-state index is 12.1. The Labute approximate surface area is 117 Å². The minimum absolute atomic E-state index is 0.122. The van der Waals surface area contributed by atoms with E-state index < -0.39 is 5.97 Å². The van der Waals surface area contributed by atoms with Crippen molar-refractivity contribution < 1.29 is 13.9 Å². The number of aryl methyl sites for hydroxylation is 1. The molecule has 106 valence electrons. The van der Waals surface area contributed by atoms with Crippen molar-refractivity contribution in [2.75, 3.05) is 6.61 Å². The largest absolute Gasteiger partial charge is 0.462 e. The molecule has 1 aromatic carbocycles. The van der Waals surface area contributed by atoms with Gasteiger partial charge in [0.15, 0.2) is 5.43 Å². The first-order chi connectivity index (χ1) is 9.65. The van der Waals surface area contributed by atoms with E-state index in [9.17, 15) is 9.59 Å². The van der Waals surface area contributed by atoms with E-state index in [2.05, 4.69) is 6.92 Å². The molecule has 1 heterocycles. The van der Waals surface area contributed by atoms with Crippen molar-refractivity contribution in [2.45, 2.75) is 33.1 Å². The summed E-state index contributed by atoms with van der Waals surface area (Å²) in [6.45, 7) is 4.14. The van der Waals surface area contributed by atoms with Gasteiger partial charge < -0.3 is 9.15 Å². The van der Waals surface area contributed by atoms with Crippen LogP contribution in [-0.4, -0.2) is 12.6 Å². The molecule has 0 aliphatic heterocycles. The number of benzene rings is 1. The molecule has 2 rings (SSSR count). The van der Waals surface area contributed by atoms with E-state index in [1.54, 1.807) is 19.1 Å². The molecule has 0 fully saturated rings. The molecular weight excluding hydrogens is 256 g/mol. The number of unbranched alkanes of at least 4 members (excludes halogenated alkanes) is 1. The molecule has 0 radical (unpaired) electrons. The molecule has 0 unspecified atom stereocenters. The van der Waals surface area contributed by atoms with Gasteiger partial charge in [0.25, 0.3) is 0 Å². The normalized spacial score (nSPS) is 10.7. The highest BCUT2D eigenvalue weighted by atomic mass is 16.5. The summed E-state index contributed by atoms with van der Waals surface area (Å²) in [5.41, 5.74) is 0.758. The molecular formula is C16H18O4. The lowest BCUT2D eigenvalue weighted by atomic mass is 10.1. The molecule has 0 N–H and O–H groups in total. The van der Waals surface area contributed by atoms with Crippen LogP contribution in [0.2, 0.25) is 0 Å². The zero-order valence-electron chi connectivity index (χ0n) is 11.8. The van der Waals surface area contributed by atoms with E-state index in [0.717, 1.165) is 19.3 Å². The molecule has 0 aliphatic rings. The molecule has 0 aliphatic carbocycles. The van der Waals surface area contributed by atoms with Crippen molar-refractivity contribution in [1.29, 1.82) is 0 Å². The van der Waals surface area contributed by atoms with Crippen LogP contribution >= 0.6 is 0 Å². The Kier molecular flexibility index (Phi) is 4.56. The monoisotopic (exact) mass is 274 g/mol. The van der Waals surface area contributed by atoms with Crippen molar-refractivity contribution in [3.8, 4) is 0 Å². The smallest absolute Gasteiger partial charge is 0.338 e. The Morgan fingerprint density at radius 1 is 1.25 bits per heavy atom. The third kappa shape index (κ3) is 3.07. The number of hydrogen-bond donors (Lipinski definition) is 0. The van der Waals surface area contributed by atoms with Crippen molar-refractivity contribution in [3.63, 3.8) is 0 Å². The van der Waals surface area contributed by atoms with Gasteiger partial charge in [-0.1, -0.05) is 13.3 Å². The van der Waals surface area contributed by atoms with Gasteiger partial charge >= 0.3 is 5.97 Å². The topological polar surface area (TPSA) is 56.5 Å². The Balaban J connectivity index is 2.41. The van der Waals surface area contributed by atoms with Crippen molar-refractivity contribution in [3.05, 3.63) is 45.8 Å². The predicted octanol–water partition coefficient (Wildman–Crippen LogP) is 3.31. The van der Waals surface area contributed by atoms with Gasteiger partial charge in [-0.3, -0.25) is 4.79 Å². The Bertz CT molecular complexity index is 670. The van der Waals surface area contributed by atoms with Crippen LogP contribution in [0, 0.1) is 0 Å². The Morgan fingerprint density at radius 3 is 2.75 bits per heavy atom. The lowest BCUT2D eigenvalue weighted by Crippen LogP contribution is -2.07. The summed E-state index contributed by atoms with van der Waals surface area (Å²) in [6, 6.07) is 6.31. The second kappa shape index (κ2) is 6.37. The highest BCUT2D eigenvalue weighted by molar-refractivity contribution is 5.93. The zero-order chi connectivity index (χ0) is 14.5. The molecule has 0 saturated heterocycles. The molecule has 2 aromatic rings. The molecule has 4 heteroatoms. The molecule has 0 spiro atoms. The first-order valence-corrected chi connectivity index (χ1v) is 6.89.